The SMILES string of the molecule is CCCCCCCCCCC(CCCCCCC)CC(C)C(C)CC(CCCCCCC)CCCCCCC. The van der Waals surface area contributed by atoms with E-state index in [1.54, 1.807) is 0 Å². The summed E-state index contributed by atoms with van der Waals surface area (Å²) in [5.41, 5.74) is 0. The van der Waals surface area contributed by atoms with Gasteiger partial charge in [-0.15, -0.1) is 0 Å². The van der Waals surface area contributed by atoms with Crippen LogP contribution in [-0.2, 0) is 0 Å². The Hall–Kier alpha value is 0. The van der Waals surface area contributed by atoms with Crippen molar-refractivity contribution in [3.05, 3.63) is 0 Å². The highest BCUT2D eigenvalue weighted by Gasteiger charge is 2.21. The van der Waals surface area contributed by atoms with Crippen LogP contribution in [0.5, 0.6) is 0 Å². The van der Waals surface area contributed by atoms with Gasteiger partial charge in [-0.05, 0) is 36.5 Å². The number of unbranched alkanes of at least 4 members (excludes halogenated alkanes) is 19. The molecule has 0 aromatic heterocycles. The first-order valence-electron chi connectivity index (χ1n) is 19.1. The summed E-state index contributed by atoms with van der Waals surface area (Å²) in [4.78, 5) is 0. The maximum atomic E-state index is 2.63. The fraction of sp³-hybridized carbons (Fsp3) is 1.00. The van der Waals surface area contributed by atoms with Crippen molar-refractivity contribution in [1.82, 2.24) is 0 Å². The number of hydrogen-bond acceptors (Lipinski definition) is 0. The first kappa shape index (κ1) is 39.0. The molecule has 0 spiro atoms. The molecule has 0 aliphatic carbocycles. The monoisotopic (exact) mass is 549 g/mol. The normalized spacial score (nSPS) is 14.2. The molecule has 0 aliphatic rings. The largest absolute Gasteiger partial charge is 0.0654 e. The van der Waals surface area contributed by atoms with E-state index >= 15 is 0 Å². The van der Waals surface area contributed by atoms with Crippen LogP contribution >= 0.6 is 0 Å². The second kappa shape index (κ2) is 30.9. The Balaban J connectivity index is 4.68. The molecular formula is C39H80. The fourth-order valence-electron chi connectivity index (χ4n) is 6.95. The molecule has 39 heavy (non-hydrogen) atoms. The van der Waals surface area contributed by atoms with Crippen molar-refractivity contribution in [2.75, 3.05) is 0 Å². The molecule has 0 rings (SSSR count). The van der Waals surface area contributed by atoms with E-state index in [0.717, 1.165) is 23.7 Å². The van der Waals surface area contributed by atoms with E-state index in [2.05, 4.69) is 41.5 Å². The van der Waals surface area contributed by atoms with Crippen LogP contribution < -0.4 is 0 Å². The molecule has 0 heterocycles. The molecule has 236 valence electrons. The zero-order valence-electron chi connectivity index (χ0n) is 28.8. The first-order chi connectivity index (χ1) is 19.1. The molecule has 0 amide bonds. The minimum Gasteiger partial charge on any atom is -0.0654 e. The summed E-state index contributed by atoms with van der Waals surface area (Å²) >= 11 is 0. The average molecular weight is 549 g/mol. The van der Waals surface area contributed by atoms with Gasteiger partial charge < -0.3 is 0 Å². The smallest absolute Gasteiger partial charge is 0.0412 e. The number of hydrogen-bond donors (Lipinski definition) is 0. The van der Waals surface area contributed by atoms with Crippen molar-refractivity contribution in [2.45, 2.75) is 228 Å². The van der Waals surface area contributed by atoms with Crippen molar-refractivity contribution >= 4 is 0 Å². The van der Waals surface area contributed by atoms with Crippen LogP contribution in [-0.4, -0.2) is 0 Å². The third-order valence-electron chi connectivity index (χ3n) is 10.00. The Morgan fingerprint density at radius 3 is 0.718 bits per heavy atom. The standard InChI is InChI=1S/C39H80/c1-7-11-15-19-20-21-25-29-33-39(32-28-24-18-14-10-4)35-37(6)36(5)34-38(30-26-22-16-12-8-2)31-27-23-17-13-9-3/h36-39H,7-35H2,1-6H3. The second-order valence-corrected chi connectivity index (χ2v) is 14.0. The molecule has 0 fully saturated rings. The maximum absolute atomic E-state index is 2.63. The van der Waals surface area contributed by atoms with E-state index in [0.29, 0.717) is 0 Å². The third-order valence-corrected chi connectivity index (χ3v) is 10.00. The van der Waals surface area contributed by atoms with E-state index < -0.39 is 0 Å². The van der Waals surface area contributed by atoms with Crippen molar-refractivity contribution in [3.8, 4) is 0 Å². The van der Waals surface area contributed by atoms with Gasteiger partial charge in [-0.25, -0.2) is 0 Å². The van der Waals surface area contributed by atoms with Gasteiger partial charge in [0.2, 0.25) is 0 Å². The van der Waals surface area contributed by atoms with E-state index in [9.17, 15) is 0 Å². The first-order valence-corrected chi connectivity index (χ1v) is 19.1. The van der Waals surface area contributed by atoms with Gasteiger partial charge >= 0.3 is 0 Å². The quantitative estimate of drug-likeness (QED) is 0.0733. The highest BCUT2D eigenvalue weighted by molar-refractivity contribution is 4.73. The molecule has 0 bridgehead atoms. The molecule has 0 N–H and O–H groups in total. The van der Waals surface area contributed by atoms with E-state index in [-0.39, 0.29) is 0 Å². The van der Waals surface area contributed by atoms with Gasteiger partial charge in [-0.1, -0.05) is 215 Å². The molecule has 0 nitrogen and oxygen atoms in total. The molecule has 0 aromatic rings. The Kier molecular flexibility index (Phi) is 30.9. The molecule has 3 atom stereocenters. The Labute approximate surface area is 251 Å². The molecular weight excluding hydrogens is 468 g/mol. The molecule has 0 aromatic carbocycles. The van der Waals surface area contributed by atoms with Crippen LogP contribution in [0.1, 0.15) is 228 Å². The Morgan fingerprint density at radius 1 is 0.282 bits per heavy atom. The van der Waals surface area contributed by atoms with Crippen LogP contribution in [0.3, 0.4) is 0 Å². The van der Waals surface area contributed by atoms with Gasteiger partial charge in [-0.2, -0.15) is 0 Å². The van der Waals surface area contributed by atoms with Crippen LogP contribution in [0.2, 0.25) is 0 Å². The minimum absolute atomic E-state index is 0.905. The van der Waals surface area contributed by atoms with Crippen molar-refractivity contribution in [1.29, 1.82) is 0 Å². The predicted octanol–water partition coefficient (Wildman–Crippen LogP) is 14.9. The van der Waals surface area contributed by atoms with Gasteiger partial charge in [0, 0.05) is 0 Å². The second-order valence-electron chi connectivity index (χ2n) is 14.0. The Morgan fingerprint density at radius 2 is 0.487 bits per heavy atom. The summed E-state index contributed by atoms with van der Waals surface area (Å²) in [6.07, 6.45) is 42.4. The third kappa shape index (κ3) is 26.6. The summed E-state index contributed by atoms with van der Waals surface area (Å²) in [6, 6.07) is 0. The van der Waals surface area contributed by atoms with Gasteiger partial charge in [0.05, 0.1) is 0 Å². The summed E-state index contributed by atoms with van der Waals surface area (Å²) in [7, 11) is 0. The molecule has 0 saturated heterocycles. The lowest BCUT2D eigenvalue weighted by molar-refractivity contribution is 0.226. The van der Waals surface area contributed by atoms with Crippen LogP contribution in [0.4, 0.5) is 0 Å². The van der Waals surface area contributed by atoms with Gasteiger partial charge in [0.1, 0.15) is 0 Å². The Bertz CT molecular complexity index is 425. The average Bonchev–Trinajstić information content (AvgIpc) is 2.93. The maximum Gasteiger partial charge on any atom is -0.0412 e. The lowest BCUT2D eigenvalue weighted by atomic mass is 9.77. The van der Waals surface area contributed by atoms with Crippen LogP contribution in [0.15, 0.2) is 0 Å². The van der Waals surface area contributed by atoms with Crippen molar-refractivity contribution < 1.29 is 0 Å². The van der Waals surface area contributed by atoms with Crippen LogP contribution in [0, 0.1) is 23.7 Å². The molecule has 3 unspecified atom stereocenters. The van der Waals surface area contributed by atoms with E-state index in [4.69, 9.17) is 0 Å². The molecule has 0 aliphatic heterocycles. The lowest BCUT2D eigenvalue weighted by Crippen LogP contribution is -2.17. The number of rotatable bonds is 32. The minimum atomic E-state index is 0.905. The van der Waals surface area contributed by atoms with E-state index in [1.807, 2.05) is 0 Å². The molecule has 0 radical (unpaired) electrons. The van der Waals surface area contributed by atoms with Gasteiger partial charge in [0.15, 0.2) is 0 Å². The molecule has 0 heteroatoms. The summed E-state index contributed by atoms with van der Waals surface area (Å²) in [5, 5.41) is 0. The highest BCUT2D eigenvalue weighted by Crippen LogP contribution is 2.34. The van der Waals surface area contributed by atoms with Crippen molar-refractivity contribution in [3.63, 3.8) is 0 Å². The highest BCUT2D eigenvalue weighted by atomic mass is 14.3. The molecule has 0 saturated carbocycles. The van der Waals surface area contributed by atoms with Gasteiger partial charge in [-0.3, -0.25) is 0 Å². The predicted molar refractivity (Wildman–Crippen MR) is 182 cm³/mol. The summed E-state index contributed by atoms with van der Waals surface area (Å²) in [5.74, 6) is 3.79. The summed E-state index contributed by atoms with van der Waals surface area (Å²) < 4.78 is 0. The zero-order chi connectivity index (χ0) is 28.8. The van der Waals surface area contributed by atoms with Crippen LogP contribution in [0.25, 0.3) is 0 Å². The zero-order valence-corrected chi connectivity index (χ0v) is 28.8. The van der Waals surface area contributed by atoms with Crippen molar-refractivity contribution in [2.24, 2.45) is 23.7 Å². The van der Waals surface area contributed by atoms with E-state index in [1.165, 1.54) is 186 Å². The fourth-order valence-corrected chi connectivity index (χ4v) is 6.95. The lowest BCUT2D eigenvalue weighted by Gasteiger charge is -2.29. The van der Waals surface area contributed by atoms with Gasteiger partial charge in [0.25, 0.3) is 0 Å². The topological polar surface area (TPSA) is 0 Å². The summed E-state index contributed by atoms with van der Waals surface area (Å²) in [6.45, 7) is 14.6.